The quantitative estimate of drug-likeness (QED) is 0.447. The molecule has 0 amide bonds. The third kappa shape index (κ3) is 5.24. The van der Waals surface area contributed by atoms with Crippen LogP contribution < -0.4 is 4.74 Å². The van der Waals surface area contributed by atoms with Crippen molar-refractivity contribution in [2.24, 2.45) is 0 Å². The first-order valence-corrected chi connectivity index (χ1v) is 12.0. The number of aryl methyl sites for hydroxylation is 1. The summed E-state index contributed by atoms with van der Waals surface area (Å²) in [5.74, 6) is -0.373. The molecule has 0 aliphatic heterocycles. The number of alkyl halides is 3. The average molecular weight is 497 g/mol. The molecule has 3 aromatic rings. The van der Waals surface area contributed by atoms with Gasteiger partial charge in [0.05, 0.1) is 18.6 Å². The lowest BCUT2D eigenvalue weighted by Crippen LogP contribution is -2.21. The summed E-state index contributed by atoms with van der Waals surface area (Å²) in [6, 6.07) is 9.91. The van der Waals surface area contributed by atoms with Gasteiger partial charge in [0.2, 0.25) is 0 Å². The maximum atomic E-state index is 14.3. The molecule has 3 rings (SSSR count). The predicted molar refractivity (Wildman–Crippen MR) is 119 cm³/mol. The molecular weight excluding hydrogens is 473 g/mol. The number of carbonyl (C=O) groups excluding carboxylic acids is 1. The molecule has 1 heterocycles. The first-order valence-electron chi connectivity index (χ1n) is 10.2. The van der Waals surface area contributed by atoms with Crippen molar-refractivity contribution in [2.45, 2.75) is 31.5 Å². The Balaban J connectivity index is 2.32. The zero-order chi connectivity index (χ0) is 25.3. The number of rotatable bonds is 7. The summed E-state index contributed by atoms with van der Waals surface area (Å²) in [6.45, 7) is 2.50. The zero-order valence-electron chi connectivity index (χ0n) is 18.9. The molecule has 2 aromatic carbocycles. The van der Waals surface area contributed by atoms with Gasteiger partial charge >= 0.3 is 12.1 Å². The summed E-state index contributed by atoms with van der Waals surface area (Å²) in [6.07, 6.45) is -3.82. The molecule has 1 aromatic heterocycles. The van der Waals surface area contributed by atoms with Crippen LogP contribution in [0.1, 0.15) is 18.2 Å². The Bertz CT molecular complexity index is 1310. The van der Waals surface area contributed by atoms with Crippen molar-refractivity contribution < 1.29 is 35.9 Å². The molecule has 0 saturated heterocycles. The van der Waals surface area contributed by atoms with Crippen LogP contribution >= 0.6 is 0 Å². The largest absolute Gasteiger partial charge is 0.496 e. The maximum Gasteiger partial charge on any atom is 0.433 e. The monoisotopic (exact) mass is 496 g/mol. The fourth-order valence-electron chi connectivity index (χ4n) is 3.56. The number of esters is 1. The smallest absolute Gasteiger partial charge is 0.433 e. The minimum atomic E-state index is -4.85. The number of ether oxygens (including phenoxy) is 2. The van der Waals surface area contributed by atoms with E-state index in [1.165, 1.54) is 43.5 Å². The van der Waals surface area contributed by atoms with Crippen molar-refractivity contribution in [3.63, 3.8) is 0 Å². The van der Waals surface area contributed by atoms with Gasteiger partial charge in [0.15, 0.2) is 15.5 Å². The highest BCUT2D eigenvalue weighted by atomic mass is 32.2. The summed E-state index contributed by atoms with van der Waals surface area (Å²) in [5, 5.41) is 4.12. The highest BCUT2D eigenvalue weighted by Crippen LogP contribution is 2.43. The van der Waals surface area contributed by atoms with Crippen LogP contribution in [0.4, 0.5) is 13.2 Å². The summed E-state index contributed by atoms with van der Waals surface area (Å²) in [5.41, 5.74) is -0.347. The molecular formula is C23H23F3N2O5S. The van der Waals surface area contributed by atoms with Gasteiger partial charge in [0.25, 0.3) is 0 Å². The van der Waals surface area contributed by atoms with Gasteiger partial charge in [-0.25, -0.2) is 13.1 Å². The Kier molecular flexibility index (Phi) is 7.06. The normalized spacial score (nSPS) is 12.0. The van der Waals surface area contributed by atoms with Gasteiger partial charge < -0.3 is 9.47 Å². The van der Waals surface area contributed by atoms with E-state index in [1.54, 1.807) is 19.9 Å². The van der Waals surface area contributed by atoms with Gasteiger partial charge in [-0.15, -0.1) is 0 Å². The van der Waals surface area contributed by atoms with Crippen molar-refractivity contribution in [1.29, 1.82) is 0 Å². The minimum absolute atomic E-state index is 0.00575. The van der Waals surface area contributed by atoms with Gasteiger partial charge in [-0.1, -0.05) is 18.2 Å². The van der Waals surface area contributed by atoms with Gasteiger partial charge in [0, 0.05) is 17.4 Å². The maximum absolute atomic E-state index is 14.3. The number of aromatic nitrogens is 2. The third-order valence-electron chi connectivity index (χ3n) is 5.04. The predicted octanol–water partition coefficient (Wildman–Crippen LogP) is 4.52. The number of sulfone groups is 1. The number of carbonyl (C=O) groups is 1. The van der Waals surface area contributed by atoms with Crippen molar-refractivity contribution in [3.8, 4) is 28.1 Å². The molecule has 34 heavy (non-hydrogen) atoms. The molecule has 0 fully saturated rings. The lowest BCUT2D eigenvalue weighted by molar-refractivity contribution is -0.149. The van der Waals surface area contributed by atoms with Gasteiger partial charge in [-0.05, 0) is 49.2 Å². The molecule has 0 aliphatic carbocycles. The van der Waals surface area contributed by atoms with Crippen molar-refractivity contribution in [2.75, 3.05) is 20.0 Å². The summed E-state index contributed by atoms with van der Waals surface area (Å²) in [4.78, 5) is 12.1. The van der Waals surface area contributed by atoms with E-state index in [-0.39, 0.29) is 33.9 Å². The van der Waals surface area contributed by atoms with E-state index in [4.69, 9.17) is 9.47 Å². The number of hydrogen-bond acceptors (Lipinski definition) is 6. The number of nitrogens with zero attached hydrogens (tertiary/aromatic N) is 2. The van der Waals surface area contributed by atoms with E-state index in [1.807, 2.05) is 0 Å². The van der Waals surface area contributed by atoms with Crippen LogP contribution in [0.3, 0.4) is 0 Å². The molecule has 11 heteroatoms. The minimum Gasteiger partial charge on any atom is -0.496 e. The van der Waals surface area contributed by atoms with Crippen LogP contribution in [-0.2, 0) is 32.1 Å². The number of methoxy groups -OCH3 is 1. The van der Waals surface area contributed by atoms with Crippen LogP contribution in [0.15, 0.2) is 47.4 Å². The van der Waals surface area contributed by atoms with Crippen LogP contribution in [-0.4, -0.2) is 44.1 Å². The number of halogens is 3. The third-order valence-corrected chi connectivity index (χ3v) is 6.17. The van der Waals surface area contributed by atoms with E-state index >= 15 is 0 Å². The van der Waals surface area contributed by atoms with E-state index in [0.29, 0.717) is 16.0 Å². The molecule has 0 atom stereocenters. The topological polar surface area (TPSA) is 87.5 Å². The average Bonchev–Trinajstić information content (AvgIpc) is 3.12. The zero-order valence-corrected chi connectivity index (χ0v) is 19.7. The van der Waals surface area contributed by atoms with Crippen molar-refractivity contribution in [1.82, 2.24) is 9.78 Å². The second-order valence-corrected chi connectivity index (χ2v) is 9.53. The SMILES string of the molecule is CCOC(=O)Cn1nc(-c2ccc(S(C)(=O)=O)cc2)c(-c2ccc(OC)c(C)c2)c1C(F)(F)F. The first kappa shape index (κ1) is 25.3. The second kappa shape index (κ2) is 9.49. The number of benzene rings is 2. The molecule has 0 unspecified atom stereocenters. The summed E-state index contributed by atoms with van der Waals surface area (Å²) >= 11 is 0. The fraction of sp³-hybridized carbons (Fsp3) is 0.304. The molecule has 0 spiro atoms. The van der Waals surface area contributed by atoms with Crippen molar-refractivity contribution >= 4 is 15.8 Å². The summed E-state index contributed by atoms with van der Waals surface area (Å²) in [7, 11) is -2.05. The Hall–Kier alpha value is -3.34. The Morgan fingerprint density at radius 3 is 2.21 bits per heavy atom. The molecule has 182 valence electrons. The molecule has 0 radical (unpaired) electrons. The van der Waals surface area contributed by atoms with Crippen LogP contribution in [0, 0.1) is 6.92 Å². The van der Waals surface area contributed by atoms with E-state index in [2.05, 4.69) is 5.10 Å². The lowest BCUT2D eigenvalue weighted by atomic mass is 9.97. The van der Waals surface area contributed by atoms with Crippen molar-refractivity contribution in [3.05, 3.63) is 53.7 Å². The van der Waals surface area contributed by atoms with E-state index in [0.717, 1.165) is 6.26 Å². The van der Waals surface area contributed by atoms with Crippen LogP contribution in [0.5, 0.6) is 5.75 Å². The van der Waals surface area contributed by atoms with Crippen LogP contribution in [0.25, 0.3) is 22.4 Å². The summed E-state index contributed by atoms with van der Waals surface area (Å²) < 4.78 is 77.2. The lowest BCUT2D eigenvalue weighted by Gasteiger charge is -2.14. The Morgan fingerprint density at radius 1 is 1.09 bits per heavy atom. The molecule has 0 saturated carbocycles. The van der Waals surface area contributed by atoms with Crippen LogP contribution in [0.2, 0.25) is 0 Å². The van der Waals surface area contributed by atoms with Gasteiger partial charge in [-0.2, -0.15) is 18.3 Å². The van der Waals surface area contributed by atoms with E-state index in [9.17, 15) is 26.4 Å². The standard InChI is InChI=1S/C23H23F3N2O5S/c1-5-33-19(29)13-28-22(23(24,25)26)20(16-8-11-18(32-3)14(2)12-16)21(27-28)15-6-9-17(10-7-15)34(4,30)31/h6-12H,5,13H2,1-4H3. The van der Waals surface area contributed by atoms with E-state index < -0.39 is 34.2 Å². The van der Waals surface area contributed by atoms with Gasteiger partial charge in [0.1, 0.15) is 18.0 Å². The molecule has 0 N–H and O–H groups in total. The molecule has 7 nitrogen and oxygen atoms in total. The Labute approximate surface area is 195 Å². The molecule has 0 aliphatic rings. The second-order valence-electron chi connectivity index (χ2n) is 7.51. The molecule has 0 bridgehead atoms. The van der Waals surface area contributed by atoms with Gasteiger partial charge in [-0.3, -0.25) is 4.79 Å². The fourth-order valence-corrected chi connectivity index (χ4v) is 4.19. The highest BCUT2D eigenvalue weighted by molar-refractivity contribution is 7.90. The first-order chi connectivity index (χ1) is 15.9. The highest BCUT2D eigenvalue weighted by Gasteiger charge is 2.41. The Morgan fingerprint density at radius 2 is 1.71 bits per heavy atom. The number of hydrogen-bond donors (Lipinski definition) is 0.